The van der Waals surface area contributed by atoms with Crippen LogP contribution in [-0.4, -0.2) is 55.2 Å². The molecule has 4 saturated carbocycles. The molecule has 2 N–H and O–H groups in total. The number of nitrogens with zero attached hydrogens (tertiary/aromatic N) is 1. The molecular formula is C32H53N3O3. The monoisotopic (exact) mass is 527 g/mol. The Morgan fingerprint density at radius 2 is 1.71 bits per heavy atom. The van der Waals surface area contributed by atoms with Gasteiger partial charge in [-0.05, 0) is 111 Å². The van der Waals surface area contributed by atoms with E-state index in [1.807, 2.05) is 0 Å². The third-order valence-corrected chi connectivity index (χ3v) is 13.3. The predicted molar refractivity (Wildman–Crippen MR) is 149 cm³/mol. The minimum Gasteiger partial charge on any atom is -0.357 e. The lowest BCUT2D eigenvalue weighted by Crippen LogP contribution is -2.58. The second kappa shape index (κ2) is 9.46. The van der Waals surface area contributed by atoms with E-state index >= 15 is 0 Å². The zero-order valence-corrected chi connectivity index (χ0v) is 24.9. The highest BCUT2D eigenvalue weighted by atomic mass is 16.5. The van der Waals surface area contributed by atoms with Gasteiger partial charge in [-0.25, -0.2) is 0 Å². The van der Waals surface area contributed by atoms with Crippen molar-refractivity contribution in [3.8, 4) is 0 Å². The third kappa shape index (κ3) is 4.09. The number of hydrogen-bond acceptors (Lipinski definition) is 4. The molecule has 0 aromatic rings. The maximum Gasteiger partial charge on any atom is 0.231 e. The van der Waals surface area contributed by atoms with Crippen LogP contribution in [0, 0.1) is 52.3 Å². The fraction of sp³-hybridized carbons (Fsp3) is 0.938. The Hall–Kier alpha value is -1.14. The summed E-state index contributed by atoms with van der Waals surface area (Å²) >= 11 is 0. The van der Waals surface area contributed by atoms with Gasteiger partial charge in [0.15, 0.2) is 0 Å². The number of rotatable bonds is 3. The zero-order valence-electron chi connectivity index (χ0n) is 24.9. The van der Waals surface area contributed by atoms with Gasteiger partial charge in [-0.15, -0.1) is 0 Å². The van der Waals surface area contributed by atoms with Crippen LogP contribution in [0.3, 0.4) is 0 Å². The lowest BCUT2D eigenvalue weighted by molar-refractivity contribution is -0.138. The van der Waals surface area contributed by atoms with Gasteiger partial charge in [0, 0.05) is 32.6 Å². The lowest BCUT2D eigenvalue weighted by Gasteiger charge is -2.61. The van der Waals surface area contributed by atoms with Crippen LogP contribution < -0.4 is 10.6 Å². The summed E-state index contributed by atoms with van der Waals surface area (Å²) in [4.78, 5) is 26.0. The minimum atomic E-state index is -0.117. The Kier molecular flexibility index (Phi) is 6.74. The van der Waals surface area contributed by atoms with Gasteiger partial charge >= 0.3 is 0 Å². The smallest absolute Gasteiger partial charge is 0.231 e. The van der Waals surface area contributed by atoms with Crippen molar-refractivity contribution in [2.24, 2.45) is 52.3 Å². The van der Waals surface area contributed by atoms with E-state index in [-0.39, 0.29) is 30.0 Å². The average molecular weight is 528 g/mol. The highest BCUT2D eigenvalue weighted by Crippen LogP contribution is 2.71. The van der Waals surface area contributed by atoms with Crippen LogP contribution in [0.4, 0.5) is 0 Å². The predicted octanol–water partition coefficient (Wildman–Crippen LogP) is 4.97. The molecule has 6 heteroatoms. The van der Waals surface area contributed by atoms with Crippen LogP contribution >= 0.6 is 0 Å². The van der Waals surface area contributed by atoms with E-state index in [9.17, 15) is 9.59 Å². The molecule has 4 aliphatic carbocycles. The maximum atomic E-state index is 12.5. The van der Waals surface area contributed by atoms with E-state index in [4.69, 9.17) is 4.74 Å². The maximum absolute atomic E-state index is 12.5. The first-order valence-corrected chi connectivity index (χ1v) is 15.9. The van der Waals surface area contributed by atoms with E-state index in [0.29, 0.717) is 34.7 Å². The Balaban J connectivity index is 1.12. The fourth-order valence-corrected chi connectivity index (χ4v) is 11.2. The summed E-state index contributed by atoms with van der Waals surface area (Å²) in [5, 5.41) is 7.12. The number of nitrogens with one attached hydrogen (secondary N) is 2. The van der Waals surface area contributed by atoms with E-state index in [1.165, 1.54) is 56.3 Å². The number of carbonyl (C=O) groups excluding carboxylic acids is 2. The molecule has 2 aliphatic heterocycles. The first-order valence-electron chi connectivity index (χ1n) is 15.9. The molecule has 6 aliphatic rings. The molecule has 2 heterocycles. The van der Waals surface area contributed by atoms with Crippen molar-refractivity contribution in [1.29, 1.82) is 0 Å². The van der Waals surface area contributed by atoms with Crippen LogP contribution in [0.25, 0.3) is 0 Å². The van der Waals surface area contributed by atoms with Crippen molar-refractivity contribution in [2.75, 3.05) is 20.6 Å². The summed E-state index contributed by atoms with van der Waals surface area (Å²) in [5.41, 5.74) is 0.723. The molecular weight excluding hydrogens is 474 g/mol. The molecule has 0 radical (unpaired) electrons. The van der Waals surface area contributed by atoms with Crippen LogP contribution in [0.5, 0.6) is 0 Å². The fourth-order valence-electron chi connectivity index (χ4n) is 11.2. The molecule has 0 bridgehead atoms. The molecule has 1 spiro atoms. The van der Waals surface area contributed by atoms with E-state index < -0.39 is 0 Å². The molecule has 2 saturated heterocycles. The van der Waals surface area contributed by atoms with Gasteiger partial charge in [-0.3, -0.25) is 14.9 Å². The highest BCUT2D eigenvalue weighted by molar-refractivity contribution is 5.96. The quantitative estimate of drug-likeness (QED) is 0.509. The Morgan fingerprint density at radius 1 is 0.947 bits per heavy atom. The zero-order chi connectivity index (χ0) is 27.0. The van der Waals surface area contributed by atoms with Crippen LogP contribution in [0.15, 0.2) is 0 Å². The van der Waals surface area contributed by atoms with E-state index in [1.54, 1.807) is 14.1 Å². The van der Waals surface area contributed by atoms with Gasteiger partial charge in [-0.2, -0.15) is 0 Å². The average Bonchev–Trinajstić information content (AvgIpc) is 3.31. The number of carbonyl (C=O) groups is 2. The Labute approximate surface area is 230 Å². The van der Waals surface area contributed by atoms with Crippen LogP contribution in [0.1, 0.15) is 98.3 Å². The van der Waals surface area contributed by atoms with Gasteiger partial charge in [0.2, 0.25) is 11.8 Å². The molecule has 38 heavy (non-hydrogen) atoms. The standard InChI is InChI=1S/C32H53N3O3/c1-19-9-14-32(33-18-19)20(2)29-26(38-32)16-25-23-8-7-21-15-22(34-27(36)17-28(37)35(5)6)10-12-30(21,3)24(23)11-13-31(25,29)4/h19-26,29,33H,7-18H2,1-6H3,(H,34,36)/t19-,20+,21-,22?,23-,24+,25+,26+,29+,30+,31+,32-/m1/s1. The minimum absolute atomic E-state index is 0.0327. The third-order valence-electron chi connectivity index (χ3n) is 13.3. The van der Waals surface area contributed by atoms with Gasteiger partial charge < -0.3 is 15.0 Å². The van der Waals surface area contributed by atoms with Crippen molar-refractivity contribution in [1.82, 2.24) is 15.5 Å². The summed E-state index contributed by atoms with van der Waals surface area (Å²) in [7, 11) is 3.43. The molecule has 214 valence electrons. The first-order chi connectivity index (χ1) is 18.0. The number of ether oxygens (including phenoxy) is 1. The molecule has 1 unspecified atom stereocenters. The second-order valence-electron chi connectivity index (χ2n) is 15.3. The van der Waals surface area contributed by atoms with E-state index in [2.05, 4.69) is 38.3 Å². The lowest BCUT2D eigenvalue weighted by atomic mass is 9.44. The van der Waals surface area contributed by atoms with Crippen molar-refractivity contribution >= 4 is 11.8 Å². The molecule has 12 atom stereocenters. The van der Waals surface area contributed by atoms with Crippen molar-refractivity contribution in [2.45, 2.75) is 116 Å². The number of piperidine rings is 1. The Bertz CT molecular complexity index is 944. The summed E-state index contributed by atoms with van der Waals surface area (Å²) < 4.78 is 7.06. The normalized spacial score (nSPS) is 51.5. The largest absolute Gasteiger partial charge is 0.357 e. The molecule has 0 aromatic carbocycles. The second-order valence-corrected chi connectivity index (χ2v) is 15.3. The number of hydrogen-bond donors (Lipinski definition) is 2. The molecule has 6 fully saturated rings. The van der Waals surface area contributed by atoms with Crippen molar-refractivity contribution in [3.05, 3.63) is 0 Å². The molecule has 2 amide bonds. The van der Waals surface area contributed by atoms with Crippen LogP contribution in [0.2, 0.25) is 0 Å². The summed E-state index contributed by atoms with van der Waals surface area (Å²) in [6, 6.07) is 0.225. The van der Waals surface area contributed by atoms with Gasteiger partial charge in [0.05, 0.1) is 6.10 Å². The topological polar surface area (TPSA) is 70.7 Å². The molecule has 6 nitrogen and oxygen atoms in total. The summed E-state index contributed by atoms with van der Waals surface area (Å²) in [5.74, 6) is 4.94. The number of fused-ring (bicyclic) bond motifs is 7. The van der Waals surface area contributed by atoms with Crippen molar-refractivity contribution in [3.63, 3.8) is 0 Å². The molecule has 0 aromatic heterocycles. The Morgan fingerprint density at radius 3 is 2.42 bits per heavy atom. The van der Waals surface area contributed by atoms with Crippen molar-refractivity contribution < 1.29 is 14.3 Å². The summed E-state index contributed by atoms with van der Waals surface area (Å²) in [6.45, 7) is 11.2. The van der Waals surface area contributed by atoms with E-state index in [0.717, 1.165) is 43.1 Å². The van der Waals surface area contributed by atoms with Gasteiger partial charge in [0.1, 0.15) is 12.1 Å². The molecule has 6 rings (SSSR count). The van der Waals surface area contributed by atoms with Gasteiger partial charge in [0.25, 0.3) is 0 Å². The first kappa shape index (κ1) is 27.1. The summed E-state index contributed by atoms with van der Waals surface area (Å²) in [6.07, 6.45) is 12.8. The van der Waals surface area contributed by atoms with Gasteiger partial charge in [-0.1, -0.05) is 27.7 Å². The highest BCUT2D eigenvalue weighted by Gasteiger charge is 2.68. The SMILES string of the molecule is C[C@@H]1CC[C@@]2(NC1)O[C@H]1C[C@H]3[C@@H]4CC[C@@H]5CC(NC(=O)CC(=O)N(C)C)CC[C@]5(C)[C@H]4CC[C@]3(C)[C@H]1[C@@H]2C. The number of amides is 2. The van der Waals surface area contributed by atoms with Crippen LogP contribution in [-0.2, 0) is 14.3 Å².